The molecule has 0 aliphatic carbocycles. The van der Waals surface area contributed by atoms with Crippen LogP contribution in [-0.2, 0) is 17.1 Å². The van der Waals surface area contributed by atoms with Gasteiger partial charge in [-0.3, -0.25) is 4.79 Å². The van der Waals surface area contributed by atoms with Crippen molar-refractivity contribution in [3.8, 4) is 0 Å². The van der Waals surface area contributed by atoms with Gasteiger partial charge >= 0.3 is 0 Å². The predicted molar refractivity (Wildman–Crippen MR) is 111 cm³/mol. The molecule has 1 aromatic heterocycles. The van der Waals surface area contributed by atoms with Crippen LogP contribution in [0.5, 0.6) is 0 Å². The van der Waals surface area contributed by atoms with Crippen molar-refractivity contribution in [3.05, 3.63) is 46.2 Å². The maximum Gasteiger partial charge on any atom is 0.272 e. The minimum absolute atomic E-state index is 0.192. The van der Waals surface area contributed by atoms with Crippen molar-refractivity contribution in [2.75, 3.05) is 18.4 Å². The first-order chi connectivity index (χ1) is 13.1. The fraction of sp³-hybridized carbons (Fsp3) is 0.450. The number of carbonyl (C=O) groups is 1. The van der Waals surface area contributed by atoms with E-state index in [-0.39, 0.29) is 10.8 Å². The van der Waals surface area contributed by atoms with Gasteiger partial charge in [-0.05, 0) is 56.4 Å². The van der Waals surface area contributed by atoms with E-state index in [1.165, 1.54) is 10.4 Å². The van der Waals surface area contributed by atoms with Gasteiger partial charge in [0.15, 0.2) is 0 Å². The standard InChI is InChI=1S/C20H26ClN3O3S/c1-13-8-10-24(11-9-13)28(26,27)19-12-18(23(4)15(19)3)20(25)22-17-7-5-6-16(21)14(17)2/h5-7,12-13H,8-11H2,1-4H3,(H,22,25). The smallest absolute Gasteiger partial charge is 0.272 e. The van der Waals surface area contributed by atoms with Crippen LogP contribution in [0.15, 0.2) is 29.2 Å². The maximum absolute atomic E-state index is 13.1. The predicted octanol–water partition coefficient (Wildman–Crippen LogP) is 3.97. The third kappa shape index (κ3) is 3.83. The van der Waals surface area contributed by atoms with Gasteiger partial charge in [-0.25, -0.2) is 8.42 Å². The van der Waals surface area contributed by atoms with Crippen LogP contribution >= 0.6 is 11.6 Å². The lowest BCUT2D eigenvalue weighted by Crippen LogP contribution is -2.38. The van der Waals surface area contributed by atoms with Gasteiger partial charge in [0.1, 0.15) is 10.6 Å². The SMILES string of the molecule is Cc1c(Cl)cccc1NC(=O)c1cc(S(=O)(=O)N2CCC(C)CC2)c(C)n1C. The van der Waals surface area contributed by atoms with Gasteiger partial charge in [0, 0.05) is 36.5 Å². The van der Waals surface area contributed by atoms with E-state index in [0.29, 0.717) is 41.1 Å². The molecule has 2 aromatic rings. The molecule has 0 unspecified atom stereocenters. The number of piperidine rings is 1. The van der Waals surface area contributed by atoms with E-state index in [4.69, 9.17) is 11.6 Å². The summed E-state index contributed by atoms with van der Waals surface area (Å²) in [5.74, 6) is 0.162. The lowest BCUT2D eigenvalue weighted by atomic mass is 10.0. The number of sulfonamides is 1. The lowest BCUT2D eigenvalue weighted by Gasteiger charge is -2.29. The Labute approximate surface area is 171 Å². The second-order valence-electron chi connectivity index (χ2n) is 7.49. The first kappa shape index (κ1) is 20.9. The van der Waals surface area contributed by atoms with Gasteiger partial charge in [0.05, 0.1) is 0 Å². The number of carbonyl (C=O) groups excluding carboxylic acids is 1. The van der Waals surface area contributed by atoms with Gasteiger partial charge in [0.25, 0.3) is 5.91 Å². The molecule has 0 atom stereocenters. The number of anilines is 1. The summed E-state index contributed by atoms with van der Waals surface area (Å²) in [4.78, 5) is 13.0. The molecule has 1 saturated heterocycles. The van der Waals surface area contributed by atoms with Gasteiger partial charge < -0.3 is 9.88 Å². The second-order valence-corrected chi connectivity index (χ2v) is 9.80. The summed E-state index contributed by atoms with van der Waals surface area (Å²) in [5.41, 5.74) is 2.21. The van der Waals surface area contributed by atoms with Gasteiger partial charge in [-0.2, -0.15) is 4.31 Å². The van der Waals surface area contributed by atoms with Gasteiger partial charge in [-0.15, -0.1) is 0 Å². The van der Waals surface area contributed by atoms with Crippen molar-refractivity contribution in [1.29, 1.82) is 0 Å². The van der Waals surface area contributed by atoms with Crippen LogP contribution in [0.1, 0.15) is 41.5 Å². The van der Waals surface area contributed by atoms with Crippen LogP contribution in [0.4, 0.5) is 5.69 Å². The Balaban J connectivity index is 1.90. The van der Waals surface area contributed by atoms with Crippen LogP contribution in [0.2, 0.25) is 5.02 Å². The number of halogens is 1. The highest BCUT2D eigenvalue weighted by molar-refractivity contribution is 7.89. The molecule has 28 heavy (non-hydrogen) atoms. The Bertz CT molecular complexity index is 1010. The quantitative estimate of drug-likeness (QED) is 0.808. The fourth-order valence-electron chi connectivity index (χ4n) is 3.44. The molecule has 3 rings (SSSR count). The van der Waals surface area contributed by atoms with Crippen molar-refractivity contribution < 1.29 is 13.2 Å². The van der Waals surface area contributed by atoms with Crippen molar-refractivity contribution >= 4 is 33.2 Å². The number of hydrogen-bond acceptors (Lipinski definition) is 3. The van der Waals surface area contributed by atoms with E-state index in [0.717, 1.165) is 18.4 Å². The average molecular weight is 424 g/mol. The minimum atomic E-state index is -3.63. The van der Waals surface area contributed by atoms with Crippen LogP contribution in [-0.4, -0.2) is 36.3 Å². The highest BCUT2D eigenvalue weighted by Gasteiger charge is 2.32. The number of amides is 1. The molecule has 0 spiro atoms. The largest absolute Gasteiger partial charge is 0.343 e. The normalized spacial score (nSPS) is 16.3. The zero-order valence-corrected chi connectivity index (χ0v) is 18.2. The van der Waals surface area contributed by atoms with Crippen LogP contribution in [0.25, 0.3) is 0 Å². The highest BCUT2D eigenvalue weighted by Crippen LogP contribution is 2.28. The van der Waals surface area contributed by atoms with E-state index in [1.807, 2.05) is 6.92 Å². The van der Waals surface area contributed by atoms with Gasteiger partial charge in [-0.1, -0.05) is 24.6 Å². The molecule has 1 amide bonds. The number of rotatable bonds is 4. The number of aromatic nitrogens is 1. The second kappa shape index (κ2) is 7.89. The van der Waals surface area contributed by atoms with E-state index < -0.39 is 10.0 Å². The van der Waals surface area contributed by atoms with Crippen molar-refractivity contribution in [1.82, 2.24) is 8.87 Å². The topological polar surface area (TPSA) is 71.4 Å². The molecule has 0 radical (unpaired) electrons. The number of hydrogen-bond donors (Lipinski definition) is 1. The molecule has 1 fully saturated rings. The fourth-order valence-corrected chi connectivity index (χ4v) is 5.36. The molecule has 1 aliphatic heterocycles. The lowest BCUT2D eigenvalue weighted by molar-refractivity contribution is 0.101. The van der Waals surface area contributed by atoms with Crippen molar-refractivity contribution in [2.45, 2.75) is 38.5 Å². The highest BCUT2D eigenvalue weighted by atomic mass is 35.5. The van der Waals surface area contributed by atoms with E-state index in [9.17, 15) is 13.2 Å². The zero-order chi connectivity index (χ0) is 20.6. The van der Waals surface area contributed by atoms with Crippen molar-refractivity contribution in [2.24, 2.45) is 13.0 Å². The third-order valence-electron chi connectivity index (χ3n) is 5.60. The first-order valence-corrected chi connectivity index (χ1v) is 11.2. The molecule has 8 heteroatoms. The molecule has 1 aromatic carbocycles. The van der Waals surface area contributed by atoms with Crippen molar-refractivity contribution in [3.63, 3.8) is 0 Å². The molecule has 0 bridgehead atoms. The first-order valence-electron chi connectivity index (χ1n) is 9.36. The van der Waals surface area contributed by atoms with E-state index >= 15 is 0 Å². The summed E-state index contributed by atoms with van der Waals surface area (Å²) in [7, 11) is -1.93. The molecule has 0 saturated carbocycles. The Morgan fingerprint density at radius 1 is 1.21 bits per heavy atom. The summed E-state index contributed by atoms with van der Waals surface area (Å²) < 4.78 is 29.4. The Morgan fingerprint density at radius 2 is 1.86 bits per heavy atom. The van der Waals surface area contributed by atoms with Gasteiger partial charge in [0.2, 0.25) is 10.0 Å². The Kier molecular flexibility index (Phi) is 5.89. The molecular weight excluding hydrogens is 398 g/mol. The average Bonchev–Trinajstić information content (AvgIpc) is 2.95. The van der Waals surface area contributed by atoms with Crippen LogP contribution < -0.4 is 5.32 Å². The molecule has 6 nitrogen and oxygen atoms in total. The minimum Gasteiger partial charge on any atom is -0.343 e. The summed E-state index contributed by atoms with van der Waals surface area (Å²) >= 11 is 6.12. The Morgan fingerprint density at radius 3 is 2.50 bits per heavy atom. The number of nitrogens with one attached hydrogen (secondary N) is 1. The number of benzene rings is 1. The van der Waals surface area contributed by atoms with E-state index in [1.54, 1.807) is 36.7 Å². The maximum atomic E-state index is 13.1. The van der Waals surface area contributed by atoms with Crippen LogP contribution in [0.3, 0.4) is 0 Å². The molecule has 2 heterocycles. The van der Waals surface area contributed by atoms with Crippen LogP contribution in [0, 0.1) is 19.8 Å². The number of nitrogens with zero attached hydrogens (tertiary/aromatic N) is 2. The monoisotopic (exact) mass is 423 g/mol. The summed E-state index contributed by atoms with van der Waals surface area (Å²) in [6, 6.07) is 6.75. The molecule has 152 valence electrons. The van der Waals surface area contributed by atoms with E-state index in [2.05, 4.69) is 12.2 Å². The zero-order valence-electron chi connectivity index (χ0n) is 16.6. The molecule has 1 aliphatic rings. The molecule has 1 N–H and O–H groups in total. The summed E-state index contributed by atoms with van der Waals surface area (Å²) in [6.45, 7) is 6.71. The molecular formula is C20H26ClN3O3S. The third-order valence-corrected chi connectivity index (χ3v) is 8.02. The summed E-state index contributed by atoms with van der Waals surface area (Å²) in [5, 5.41) is 3.39. The summed E-state index contributed by atoms with van der Waals surface area (Å²) in [6.07, 6.45) is 1.71. The Hall–Kier alpha value is -1.83.